The number of para-hydroxylation sites is 1. The van der Waals surface area contributed by atoms with Gasteiger partial charge in [0.2, 0.25) is 0 Å². The molecular weight excluding hydrogens is 336 g/mol. The number of benzene rings is 3. The topological polar surface area (TPSA) is 34.1 Å². The molecular formula is C23H22N2O2. The fourth-order valence-electron chi connectivity index (χ4n) is 2.97. The number of aliphatic imine (C=N–C) groups is 1. The Morgan fingerprint density at radius 2 is 1.44 bits per heavy atom. The number of rotatable bonds is 5. The van der Waals surface area contributed by atoms with E-state index in [0.717, 1.165) is 49.1 Å². The van der Waals surface area contributed by atoms with E-state index in [9.17, 15) is 0 Å². The van der Waals surface area contributed by atoms with Gasteiger partial charge < -0.3 is 14.4 Å². The van der Waals surface area contributed by atoms with Crippen molar-refractivity contribution >= 4 is 17.6 Å². The zero-order valence-corrected chi connectivity index (χ0v) is 15.1. The summed E-state index contributed by atoms with van der Waals surface area (Å²) in [5.74, 6) is 1.65. The summed E-state index contributed by atoms with van der Waals surface area (Å²) in [7, 11) is 0. The first-order chi connectivity index (χ1) is 13.4. The number of nitrogens with zero attached hydrogens (tertiary/aromatic N) is 2. The van der Waals surface area contributed by atoms with Gasteiger partial charge in [0.15, 0.2) is 0 Å². The third kappa shape index (κ3) is 4.74. The molecule has 136 valence electrons. The molecule has 1 aliphatic rings. The lowest BCUT2D eigenvalue weighted by molar-refractivity contribution is 0.122. The lowest BCUT2D eigenvalue weighted by Crippen LogP contribution is -2.36. The molecule has 0 amide bonds. The van der Waals surface area contributed by atoms with Gasteiger partial charge in [0.05, 0.1) is 18.9 Å². The Morgan fingerprint density at radius 1 is 0.778 bits per heavy atom. The minimum Gasteiger partial charge on any atom is -0.457 e. The van der Waals surface area contributed by atoms with E-state index in [1.54, 1.807) is 0 Å². The van der Waals surface area contributed by atoms with Crippen LogP contribution in [0, 0.1) is 0 Å². The van der Waals surface area contributed by atoms with Crippen molar-refractivity contribution in [1.82, 2.24) is 0 Å². The summed E-state index contributed by atoms with van der Waals surface area (Å²) in [6.45, 7) is 3.48. The Labute approximate surface area is 159 Å². The molecule has 1 heterocycles. The van der Waals surface area contributed by atoms with Gasteiger partial charge in [-0.2, -0.15) is 0 Å². The zero-order valence-electron chi connectivity index (χ0n) is 15.1. The Morgan fingerprint density at radius 3 is 2.15 bits per heavy atom. The van der Waals surface area contributed by atoms with Gasteiger partial charge in [-0.3, -0.25) is 4.99 Å². The van der Waals surface area contributed by atoms with E-state index >= 15 is 0 Å². The van der Waals surface area contributed by atoms with Crippen LogP contribution in [0.4, 0.5) is 11.4 Å². The number of hydrogen-bond donors (Lipinski definition) is 0. The third-order valence-corrected chi connectivity index (χ3v) is 4.45. The second-order valence-corrected chi connectivity index (χ2v) is 6.36. The Balaban J connectivity index is 1.37. The molecule has 4 rings (SSSR count). The normalized spacial score (nSPS) is 14.4. The van der Waals surface area contributed by atoms with Crippen molar-refractivity contribution < 1.29 is 9.47 Å². The van der Waals surface area contributed by atoms with Gasteiger partial charge in [-0.15, -0.1) is 0 Å². The molecule has 1 aliphatic heterocycles. The predicted molar refractivity (Wildman–Crippen MR) is 110 cm³/mol. The average molecular weight is 358 g/mol. The maximum Gasteiger partial charge on any atom is 0.127 e. The second-order valence-electron chi connectivity index (χ2n) is 6.36. The number of ether oxygens (including phenoxy) is 2. The third-order valence-electron chi connectivity index (χ3n) is 4.45. The standard InChI is InChI=1S/C23H22N2O2/c1-2-4-22(5-3-1)27-23-12-6-19(7-13-23)18-24-20-8-10-21(11-9-20)25-14-16-26-17-15-25/h1-13,18H,14-17H2. The Kier molecular flexibility index (Phi) is 5.46. The zero-order chi connectivity index (χ0) is 18.3. The van der Waals surface area contributed by atoms with Crippen LogP contribution < -0.4 is 9.64 Å². The van der Waals surface area contributed by atoms with Crippen molar-refractivity contribution in [3.63, 3.8) is 0 Å². The van der Waals surface area contributed by atoms with Gasteiger partial charge in [-0.25, -0.2) is 0 Å². The molecule has 4 heteroatoms. The van der Waals surface area contributed by atoms with Crippen LogP contribution in [0.3, 0.4) is 0 Å². The largest absolute Gasteiger partial charge is 0.457 e. The minimum absolute atomic E-state index is 0.796. The fraction of sp³-hybridized carbons (Fsp3) is 0.174. The van der Waals surface area contributed by atoms with E-state index in [4.69, 9.17) is 9.47 Å². The van der Waals surface area contributed by atoms with Crippen molar-refractivity contribution in [2.24, 2.45) is 4.99 Å². The Bertz CT molecular complexity index is 869. The SMILES string of the molecule is C(=Nc1ccc(N2CCOCC2)cc1)c1ccc(Oc2ccccc2)cc1. The predicted octanol–water partition coefficient (Wildman–Crippen LogP) is 5.07. The molecule has 27 heavy (non-hydrogen) atoms. The lowest BCUT2D eigenvalue weighted by atomic mass is 10.2. The summed E-state index contributed by atoms with van der Waals surface area (Å²) < 4.78 is 11.2. The molecule has 0 radical (unpaired) electrons. The monoisotopic (exact) mass is 358 g/mol. The molecule has 0 aliphatic carbocycles. The van der Waals surface area contributed by atoms with E-state index in [1.807, 2.05) is 72.9 Å². The van der Waals surface area contributed by atoms with Crippen LogP contribution in [0.5, 0.6) is 11.5 Å². The molecule has 0 saturated carbocycles. The number of hydrogen-bond acceptors (Lipinski definition) is 4. The molecule has 0 unspecified atom stereocenters. The minimum atomic E-state index is 0.796. The first kappa shape index (κ1) is 17.3. The molecule has 3 aromatic carbocycles. The van der Waals surface area contributed by atoms with Crippen molar-refractivity contribution in [2.45, 2.75) is 0 Å². The van der Waals surface area contributed by atoms with E-state index < -0.39 is 0 Å². The van der Waals surface area contributed by atoms with Gasteiger partial charge in [-0.1, -0.05) is 18.2 Å². The van der Waals surface area contributed by atoms with Gasteiger partial charge >= 0.3 is 0 Å². The summed E-state index contributed by atoms with van der Waals surface area (Å²) in [5, 5.41) is 0. The van der Waals surface area contributed by atoms with Crippen molar-refractivity contribution in [3.05, 3.63) is 84.4 Å². The summed E-state index contributed by atoms with van der Waals surface area (Å²) in [4.78, 5) is 6.90. The molecule has 0 atom stereocenters. The fourth-order valence-corrected chi connectivity index (χ4v) is 2.97. The summed E-state index contributed by atoms with van der Waals surface area (Å²) in [5.41, 5.74) is 3.20. The highest BCUT2D eigenvalue weighted by Crippen LogP contribution is 2.22. The molecule has 3 aromatic rings. The van der Waals surface area contributed by atoms with Gasteiger partial charge in [0.25, 0.3) is 0 Å². The van der Waals surface area contributed by atoms with Crippen molar-refractivity contribution in [3.8, 4) is 11.5 Å². The lowest BCUT2D eigenvalue weighted by Gasteiger charge is -2.28. The van der Waals surface area contributed by atoms with Crippen LogP contribution in [-0.4, -0.2) is 32.5 Å². The highest BCUT2D eigenvalue weighted by atomic mass is 16.5. The molecule has 0 spiro atoms. The first-order valence-electron chi connectivity index (χ1n) is 9.17. The van der Waals surface area contributed by atoms with Crippen LogP contribution in [-0.2, 0) is 4.74 Å². The van der Waals surface area contributed by atoms with Gasteiger partial charge in [-0.05, 0) is 66.2 Å². The van der Waals surface area contributed by atoms with Crippen molar-refractivity contribution in [1.29, 1.82) is 0 Å². The molecule has 0 N–H and O–H groups in total. The summed E-state index contributed by atoms with van der Waals surface area (Å²) in [6, 6.07) is 26.0. The van der Waals surface area contributed by atoms with Crippen LogP contribution >= 0.6 is 0 Å². The summed E-state index contributed by atoms with van der Waals surface area (Å²) in [6.07, 6.45) is 1.87. The van der Waals surface area contributed by atoms with E-state index in [-0.39, 0.29) is 0 Å². The van der Waals surface area contributed by atoms with Crippen molar-refractivity contribution in [2.75, 3.05) is 31.2 Å². The molecule has 0 aromatic heterocycles. The molecule has 0 bridgehead atoms. The quantitative estimate of drug-likeness (QED) is 0.598. The molecule has 4 nitrogen and oxygen atoms in total. The number of anilines is 1. The van der Waals surface area contributed by atoms with Crippen LogP contribution in [0.2, 0.25) is 0 Å². The summed E-state index contributed by atoms with van der Waals surface area (Å²) >= 11 is 0. The number of morpholine rings is 1. The van der Waals surface area contributed by atoms with Crippen LogP contribution in [0.1, 0.15) is 5.56 Å². The maximum absolute atomic E-state index is 5.81. The second kappa shape index (κ2) is 8.52. The smallest absolute Gasteiger partial charge is 0.127 e. The Hall–Kier alpha value is -3.11. The van der Waals surface area contributed by atoms with E-state index in [2.05, 4.69) is 22.0 Å². The van der Waals surface area contributed by atoms with Crippen LogP contribution in [0.25, 0.3) is 0 Å². The first-order valence-corrected chi connectivity index (χ1v) is 9.17. The highest BCUT2D eigenvalue weighted by Gasteiger charge is 2.10. The molecule has 1 fully saturated rings. The van der Waals surface area contributed by atoms with Gasteiger partial charge in [0.1, 0.15) is 11.5 Å². The van der Waals surface area contributed by atoms with E-state index in [1.165, 1.54) is 5.69 Å². The molecule has 1 saturated heterocycles. The highest BCUT2D eigenvalue weighted by molar-refractivity contribution is 5.82. The maximum atomic E-state index is 5.81. The average Bonchev–Trinajstić information content (AvgIpc) is 2.75. The van der Waals surface area contributed by atoms with Gasteiger partial charge in [0, 0.05) is 25.0 Å². The van der Waals surface area contributed by atoms with E-state index in [0.29, 0.717) is 0 Å². The van der Waals surface area contributed by atoms with Crippen LogP contribution in [0.15, 0.2) is 83.9 Å².